The second-order valence-corrected chi connectivity index (χ2v) is 8.24. The maximum Gasteiger partial charge on any atom is 0.320 e. The van der Waals surface area contributed by atoms with E-state index in [9.17, 15) is 13.2 Å². The maximum absolute atomic E-state index is 11.6. The molecule has 2 aromatic heterocycles. The number of nitrogens with one attached hydrogen (secondary N) is 1. The standard InChI is InChI=1S/C11H13N3O4S3/c1-6-10(8-3-2-7(4-12)20-8)13-11(19-6)14-21(17,18)5-9(15)16/h2-3H,4-5,12H2,1H3,(H,13,14)(H,15,16). The van der Waals surface area contributed by atoms with E-state index in [2.05, 4.69) is 9.71 Å². The Morgan fingerprint density at radius 3 is 2.71 bits per heavy atom. The third-order valence-electron chi connectivity index (χ3n) is 2.45. The molecule has 0 aliphatic rings. The fraction of sp³-hybridized carbons (Fsp3) is 0.273. The van der Waals surface area contributed by atoms with Gasteiger partial charge in [0.15, 0.2) is 10.9 Å². The summed E-state index contributed by atoms with van der Waals surface area (Å²) in [6.45, 7) is 2.26. The molecule has 0 atom stereocenters. The predicted molar refractivity (Wildman–Crippen MR) is 83.1 cm³/mol. The van der Waals surface area contributed by atoms with Gasteiger partial charge in [-0.1, -0.05) is 0 Å². The summed E-state index contributed by atoms with van der Waals surface area (Å²) >= 11 is 2.65. The predicted octanol–water partition coefficient (Wildman–Crippen LogP) is 1.47. The lowest BCUT2D eigenvalue weighted by Gasteiger charge is -2.00. The maximum atomic E-state index is 11.6. The summed E-state index contributed by atoms with van der Waals surface area (Å²) in [6.07, 6.45) is 0. The molecular formula is C11H13N3O4S3. The fourth-order valence-corrected chi connectivity index (χ4v) is 4.55. The Kier molecular flexibility index (Phi) is 4.61. The van der Waals surface area contributed by atoms with Crippen LogP contribution in [0.5, 0.6) is 0 Å². The lowest BCUT2D eigenvalue weighted by atomic mass is 10.3. The van der Waals surface area contributed by atoms with E-state index in [4.69, 9.17) is 10.8 Å². The number of carbonyl (C=O) groups is 1. The van der Waals surface area contributed by atoms with E-state index in [-0.39, 0.29) is 5.13 Å². The number of anilines is 1. The number of thiophene rings is 1. The highest BCUT2D eigenvalue weighted by Gasteiger charge is 2.19. The van der Waals surface area contributed by atoms with Crippen molar-refractivity contribution < 1.29 is 18.3 Å². The summed E-state index contributed by atoms with van der Waals surface area (Å²) in [7, 11) is -3.94. The molecule has 0 saturated carbocycles. The molecule has 2 heterocycles. The zero-order chi connectivity index (χ0) is 15.6. The Balaban J connectivity index is 2.25. The van der Waals surface area contributed by atoms with Crippen LogP contribution in [0.1, 0.15) is 9.75 Å². The molecule has 2 aromatic rings. The van der Waals surface area contributed by atoms with Crippen molar-refractivity contribution in [3.8, 4) is 10.6 Å². The van der Waals surface area contributed by atoms with Crippen molar-refractivity contribution in [1.82, 2.24) is 4.98 Å². The molecular weight excluding hydrogens is 334 g/mol. The van der Waals surface area contributed by atoms with E-state index in [1.165, 1.54) is 11.3 Å². The van der Waals surface area contributed by atoms with Gasteiger partial charge in [-0.3, -0.25) is 9.52 Å². The molecule has 21 heavy (non-hydrogen) atoms. The molecule has 0 spiro atoms. The average Bonchev–Trinajstić information content (AvgIpc) is 2.93. The van der Waals surface area contributed by atoms with Gasteiger partial charge in [0.2, 0.25) is 10.0 Å². The minimum atomic E-state index is -3.94. The van der Waals surface area contributed by atoms with Crippen molar-refractivity contribution in [3.63, 3.8) is 0 Å². The highest BCUT2D eigenvalue weighted by Crippen LogP contribution is 2.34. The highest BCUT2D eigenvalue weighted by molar-refractivity contribution is 7.93. The monoisotopic (exact) mass is 347 g/mol. The van der Waals surface area contributed by atoms with Crippen molar-refractivity contribution in [2.24, 2.45) is 5.73 Å². The average molecular weight is 347 g/mol. The van der Waals surface area contributed by atoms with Crippen molar-refractivity contribution in [3.05, 3.63) is 21.9 Å². The number of hydrogen-bond donors (Lipinski definition) is 3. The SMILES string of the molecule is Cc1sc(NS(=O)(=O)CC(=O)O)nc1-c1ccc(CN)s1. The number of thiazole rings is 1. The molecule has 0 fully saturated rings. The third-order valence-corrected chi connectivity index (χ3v) is 5.71. The van der Waals surface area contributed by atoms with Gasteiger partial charge in [0.25, 0.3) is 0 Å². The van der Waals surface area contributed by atoms with E-state index >= 15 is 0 Å². The number of aromatic nitrogens is 1. The summed E-state index contributed by atoms with van der Waals surface area (Å²) in [5.74, 6) is -2.40. The first-order valence-corrected chi connectivity index (χ1v) is 9.08. The van der Waals surface area contributed by atoms with Crippen molar-refractivity contribution in [1.29, 1.82) is 0 Å². The van der Waals surface area contributed by atoms with Crippen LogP contribution < -0.4 is 10.5 Å². The smallest absolute Gasteiger partial charge is 0.320 e. The molecule has 0 bridgehead atoms. The lowest BCUT2D eigenvalue weighted by Crippen LogP contribution is -2.22. The fourth-order valence-electron chi connectivity index (χ4n) is 1.62. The number of nitrogens with two attached hydrogens (primary N) is 1. The number of sulfonamides is 1. The van der Waals surface area contributed by atoms with Crippen LogP contribution in [0.4, 0.5) is 5.13 Å². The van der Waals surface area contributed by atoms with E-state index in [0.29, 0.717) is 12.2 Å². The molecule has 0 amide bonds. The van der Waals surface area contributed by atoms with Crippen LogP contribution in [-0.4, -0.2) is 30.2 Å². The van der Waals surface area contributed by atoms with Crippen LogP contribution in [0.2, 0.25) is 0 Å². The molecule has 0 unspecified atom stereocenters. The second-order valence-electron chi connectivity index (χ2n) is 4.15. The first-order valence-electron chi connectivity index (χ1n) is 5.79. The van der Waals surface area contributed by atoms with Gasteiger partial charge >= 0.3 is 5.97 Å². The van der Waals surface area contributed by atoms with Crippen LogP contribution in [0.15, 0.2) is 12.1 Å². The molecule has 0 aliphatic heterocycles. The Morgan fingerprint density at radius 1 is 1.43 bits per heavy atom. The Morgan fingerprint density at radius 2 is 2.14 bits per heavy atom. The van der Waals surface area contributed by atoms with Crippen LogP contribution in [0.25, 0.3) is 10.6 Å². The van der Waals surface area contributed by atoms with E-state index < -0.39 is 21.7 Å². The molecule has 0 saturated heterocycles. The molecule has 0 aliphatic carbocycles. The van der Waals surface area contributed by atoms with Crippen LogP contribution in [0, 0.1) is 6.92 Å². The first kappa shape index (κ1) is 15.9. The zero-order valence-corrected chi connectivity index (χ0v) is 13.4. The molecule has 114 valence electrons. The van der Waals surface area contributed by atoms with Gasteiger partial charge in [-0.05, 0) is 19.1 Å². The molecule has 10 heteroatoms. The third kappa shape index (κ3) is 4.00. The summed E-state index contributed by atoms with van der Waals surface area (Å²) in [5, 5.41) is 8.71. The lowest BCUT2D eigenvalue weighted by molar-refractivity contribution is -0.134. The number of aryl methyl sites for hydroxylation is 1. The number of carboxylic acids is 1. The van der Waals surface area contributed by atoms with Crippen molar-refractivity contribution in [2.75, 3.05) is 10.5 Å². The number of aliphatic carboxylic acids is 1. The summed E-state index contributed by atoms with van der Waals surface area (Å²) in [4.78, 5) is 17.5. The van der Waals surface area contributed by atoms with Crippen molar-refractivity contribution >= 4 is 43.8 Å². The Labute approximate surface area is 129 Å². The van der Waals surface area contributed by atoms with Crippen LogP contribution in [-0.2, 0) is 21.4 Å². The van der Waals surface area contributed by atoms with Crippen LogP contribution in [0.3, 0.4) is 0 Å². The highest BCUT2D eigenvalue weighted by atomic mass is 32.2. The van der Waals surface area contributed by atoms with Gasteiger partial charge in [-0.2, -0.15) is 0 Å². The van der Waals surface area contributed by atoms with Gasteiger partial charge in [0.1, 0.15) is 0 Å². The summed E-state index contributed by atoms with van der Waals surface area (Å²) < 4.78 is 25.3. The number of carboxylic acid groups (broad SMARTS) is 1. The van der Waals surface area contributed by atoms with Crippen LogP contribution >= 0.6 is 22.7 Å². The summed E-state index contributed by atoms with van der Waals surface area (Å²) in [6, 6.07) is 3.78. The van der Waals surface area contributed by atoms with Gasteiger partial charge in [-0.15, -0.1) is 22.7 Å². The molecule has 2 rings (SSSR count). The first-order chi connectivity index (χ1) is 9.80. The van der Waals surface area contributed by atoms with E-state index in [1.807, 2.05) is 19.1 Å². The minimum Gasteiger partial charge on any atom is -0.480 e. The van der Waals surface area contributed by atoms with E-state index in [0.717, 1.165) is 26.0 Å². The quantitative estimate of drug-likeness (QED) is 0.727. The van der Waals surface area contributed by atoms with Crippen molar-refractivity contribution in [2.45, 2.75) is 13.5 Å². The zero-order valence-electron chi connectivity index (χ0n) is 11.0. The largest absolute Gasteiger partial charge is 0.480 e. The Bertz CT molecular complexity index is 764. The second kappa shape index (κ2) is 6.10. The van der Waals surface area contributed by atoms with E-state index in [1.54, 1.807) is 0 Å². The minimum absolute atomic E-state index is 0.159. The van der Waals surface area contributed by atoms with Gasteiger partial charge in [-0.25, -0.2) is 13.4 Å². The van der Waals surface area contributed by atoms with Gasteiger partial charge in [0, 0.05) is 16.3 Å². The molecule has 4 N–H and O–H groups in total. The summed E-state index contributed by atoms with van der Waals surface area (Å²) in [5.41, 5.74) is 6.24. The van der Waals surface area contributed by atoms with Gasteiger partial charge < -0.3 is 10.8 Å². The molecule has 0 aromatic carbocycles. The molecule has 7 nitrogen and oxygen atoms in total. The number of nitrogens with zero attached hydrogens (tertiary/aromatic N) is 1. The number of hydrogen-bond acceptors (Lipinski definition) is 7. The molecule has 0 radical (unpaired) electrons. The number of rotatable bonds is 6. The van der Waals surface area contributed by atoms with Gasteiger partial charge in [0.05, 0.1) is 10.6 Å². The topological polar surface area (TPSA) is 122 Å². The normalized spacial score (nSPS) is 11.5. The Hall–Kier alpha value is -1.49.